The number of aromatic nitrogens is 3. The smallest absolute Gasteiger partial charge is 0.243 e. The summed E-state index contributed by atoms with van der Waals surface area (Å²) in [4.78, 5) is 11.9. The molecule has 8 nitrogen and oxygen atoms in total. The number of ether oxygens (including phenoxy) is 1. The fourth-order valence-corrected chi connectivity index (χ4v) is 5.70. The summed E-state index contributed by atoms with van der Waals surface area (Å²) in [6.45, 7) is 2.60. The number of halogens is 1. The molecule has 0 spiro atoms. The van der Waals surface area contributed by atoms with Crippen molar-refractivity contribution in [3.8, 4) is 11.4 Å². The average Bonchev–Trinajstić information content (AvgIpc) is 3.22. The van der Waals surface area contributed by atoms with Gasteiger partial charge in [-0.25, -0.2) is 18.4 Å². The van der Waals surface area contributed by atoms with E-state index >= 15 is 0 Å². The molecule has 0 radical (unpaired) electrons. The normalized spacial score (nSPS) is 15.6. The van der Waals surface area contributed by atoms with Gasteiger partial charge in [-0.05, 0) is 60.7 Å². The van der Waals surface area contributed by atoms with Crippen molar-refractivity contribution in [2.75, 3.05) is 33.3 Å². The molecule has 1 saturated heterocycles. The third kappa shape index (κ3) is 4.39. The van der Waals surface area contributed by atoms with Gasteiger partial charge >= 0.3 is 0 Å². The Bertz CT molecular complexity index is 1400. The van der Waals surface area contributed by atoms with Gasteiger partial charge in [-0.2, -0.15) is 4.31 Å². The summed E-state index contributed by atoms with van der Waals surface area (Å²) in [5.41, 5.74) is 2.55. The second-order valence-corrected chi connectivity index (χ2v) is 10.4. The molecule has 10 heteroatoms. The first-order valence-corrected chi connectivity index (χ1v) is 12.7. The number of nitrogens with zero attached hydrogens (tertiary/aromatic N) is 5. The Morgan fingerprint density at radius 2 is 1.68 bits per heavy atom. The molecule has 1 aliphatic rings. The molecule has 3 heterocycles. The van der Waals surface area contributed by atoms with Gasteiger partial charge in [0.1, 0.15) is 17.1 Å². The number of hydrogen-bond acceptors (Lipinski definition) is 6. The molecule has 4 aromatic rings. The van der Waals surface area contributed by atoms with Crippen LogP contribution >= 0.6 is 11.6 Å². The standard InChI is InChI=1S/C24H24ClN5O3S/c1-33-20-8-6-19(7-9-20)30-23(27-22-3-2-12-26-24(22)30)17-28-13-15-29(16-14-28)34(31,32)21-10-4-18(25)5-11-21/h2-12H,13-17H2,1H3. The monoisotopic (exact) mass is 497 g/mol. The van der Waals surface area contributed by atoms with E-state index in [0.29, 0.717) is 37.7 Å². The van der Waals surface area contributed by atoms with Crippen LogP contribution in [0.15, 0.2) is 71.8 Å². The quantitative estimate of drug-likeness (QED) is 0.405. The Balaban J connectivity index is 1.36. The van der Waals surface area contributed by atoms with E-state index in [2.05, 4.69) is 9.88 Å². The van der Waals surface area contributed by atoms with E-state index in [1.54, 1.807) is 37.6 Å². The molecule has 1 aliphatic heterocycles. The molecule has 1 fully saturated rings. The zero-order valence-corrected chi connectivity index (χ0v) is 20.2. The number of hydrogen-bond donors (Lipinski definition) is 0. The second kappa shape index (κ2) is 9.34. The van der Waals surface area contributed by atoms with Crippen molar-refractivity contribution < 1.29 is 13.2 Å². The number of methoxy groups -OCH3 is 1. The van der Waals surface area contributed by atoms with Gasteiger partial charge in [-0.3, -0.25) is 9.47 Å². The summed E-state index contributed by atoms with van der Waals surface area (Å²) in [7, 11) is -1.91. The van der Waals surface area contributed by atoms with Crippen molar-refractivity contribution in [3.63, 3.8) is 0 Å². The predicted molar refractivity (Wildman–Crippen MR) is 131 cm³/mol. The molecule has 0 N–H and O–H groups in total. The topological polar surface area (TPSA) is 80.6 Å². The second-order valence-electron chi connectivity index (χ2n) is 8.04. The molecule has 176 valence electrons. The van der Waals surface area contributed by atoms with Crippen LogP contribution in [0.1, 0.15) is 5.82 Å². The van der Waals surface area contributed by atoms with Crippen LogP contribution in [0.4, 0.5) is 0 Å². The number of fused-ring (bicyclic) bond motifs is 1. The van der Waals surface area contributed by atoms with Crippen LogP contribution in [0.2, 0.25) is 5.02 Å². The van der Waals surface area contributed by atoms with E-state index in [9.17, 15) is 8.42 Å². The molecule has 5 rings (SSSR count). The SMILES string of the molecule is COc1ccc(-n2c(CN3CCN(S(=O)(=O)c4ccc(Cl)cc4)CC3)nc3cccnc32)cc1. The minimum atomic E-state index is -3.55. The van der Waals surface area contributed by atoms with Crippen molar-refractivity contribution in [3.05, 3.63) is 77.7 Å². The van der Waals surface area contributed by atoms with E-state index < -0.39 is 10.0 Å². The Kier molecular flexibility index (Phi) is 6.26. The highest BCUT2D eigenvalue weighted by molar-refractivity contribution is 7.89. The maximum absolute atomic E-state index is 13.0. The van der Waals surface area contributed by atoms with Crippen LogP contribution in [-0.4, -0.2) is 65.4 Å². The van der Waals surface area contributed by atoms with Gasteiger partial charge in [0.05, 0.1) is 18.6 Å². The first kappa shape index (κ1) is 22.8. The third-order valence-electron chi connectivity index (χ3n) is 5.96. The zero-order valence-electron chi connectivity index (χ0n) is 18.6. The third-order valence-corrected chi connectivity index (χ3v) is 8.13. The lowest BCUT2D eigenvalue weighted by atomic mass is 10.3. The number of pyridine rings is 1. The number of benzene rings is 2. The van der Waals surface area contributed by atoms with E-state index in [4.69, 9.17) is 21.3 Å². The van der Waals surface area contributed by atoms with Crippen LogP contribution in [0, 0.1) is 0 Å². The molecule has 0 aliphatic carbocycles. The summed E-state index contributed by atoms with van der Waals surface area (Å²) in [6, 6.07) is 17.9. The van der Waals surface area contributed by atoms with Gasteiger partial charge in [-0.15, -0.1) is 0 Å². The average molecular weight is 498 g/mol. The number of imidazole rings is 1. The first-order valence-electron chi connectivity index (χ1n) is 10.9. The lowest BCUT2D eigenvalue weighted by molar-refractivity contribution is 0.177. The number of rotatable bonds is 6. The van der Waals surface area contributed by atoms with E-state index in [0.717, 1.165) is 28.4 Å². The van der Waals surface area contributed by atoms with Gasteiger partial charge in [0, 0.05) is 43.1 Å². The van der Waals surface area contributed by atoms with Gasteiger partial charge < -0.3 is 4.74 Å². The number of sulfonamides is 1. The molecule has 2 aromatic carbocycles. The zero-order chi connectivity index (χ0) is 23.7. The predicted octanol–water partition coefficient (Wildman–Crippen LogP) is 3.59. The minimum Gasteiger partial charge on any atom is -0.497 e. The molecule has 0 amide bonds. The summed E-state index contributed by atoms with van der Waals surface area (Å²) in [6.07, 6.45) is 1.76. The fourth-order valence-electron chi connectivity index (χ4n) is 4.15. The van der Waals surface area contributed by atoms with Crippen molar-refractivity contribution in [1.82, 2.24) is 23.7 Å². The van der Waals surface area contributed by atoms with E-state index in [1.807, 2.05) is 41.0 Å². The maximum Gasteiger partial charge on any atom is 0.243 e. The van der Waals surface area contributed by atoms with Crippen LogP contribution in [0.3, 0.4) is 0 Å². The Labute approximate surface area is 203 Å². The maximum atomic E-state index is 13.0. The van der Waals surface area contributed by atoms with Gasteiger partial charge in [0.25, 0.3) is 0 Å². The molecular weight excluding hydrogens is 474 g/mol. The summed E-state index contributed by atoms with van der Waals surface area (Å²) >= 11 is 5.91. The molecule has 0 bridgehead atoms. The lowest BCUT2D eigenvalue weighted by Gasteiger charge is -2.33. The van der Waals surface area contributed by atoms with Gasteiger partial charge in [0.15, 0.2) is 5.65 Å². The Morgan fingerprint density at radius 1 is 0.971 bits per heavy atom. The molecule has 0 unspecified atom stereocenters. The molecule has 2 aromatic heterocycles. The summed E-state index contributed by atoms with van der Waals surface area (Å²) < 4.78 is 34.9. The van der Waals surface area contributed by atoms with Crippen molar-refractivity contribution in [2.24, 2.45) is 0 Å². The van der Waals surface area contributed by atoms with E-state index in [-0.39, 0.29) is 4.90 Å². The van der Waals surface area contributed by atoms with Crippen LogP contribution < -0.4 is 4.74 Å². The summed E-state index contributed by atoms with van der Waals surface area (Å²) in [5, 5.41) is 0.512. The molecule has 0 atom stereocenters. The van der Waals surface area contributed by atoms with Crippen LogP contribution in [-0.2, 0) is 16.6 Å². The van der Waals surface area contributed by atoms with Crippen LogP contribution in [0.25, 0.3) is 16.9 Å². The molecular formula is C24H24ClN5O3S. The van der Waals surface area contributed by atoms with Crippen LogP contribution in [0.5, 0.6) is 5.75 Å². The Hall–Kier alpha value is -2.98. The highest BCUT2D eigenvalue weighted by atomic mass is 35.5. The number of piperazine rings is 1. The van der Waals surface area contributed by atoms with Crippen molar-refractivity contribution >= 4 is 32.8 Å². The summed E-state index contributed by atoms with van der Waals surface area (Å²) in [5.74, 6) is 1.63. The van der Waals surface area contributed by atoms with Crippen molar-refractivity contribution in [1.29, 1.82) is 0 Å². The van der Waals surface area contributed by atoms with Crippen molar-refractivity contribution in [2.45, 2.75) is 11.4 Å². The largest absolute Gasteiger partial charge is 0.497 e. The lowest BCUT2D eigenvalue weighted by Crippen LogP contribution is -2.48. The minimum absolute atomic E-state index is 0.262. The van der Waals surface area contributed by atoms with E-state index in [1.165, 1.54) is 4.31 Å². The highest BCUT2D eigenvalue weighted by Crippen LogP contribution is 2.24. The fraction of sp³-hybridized carbons (Fsp3) is 0.250. The molecule has 0 saturated carbocycles. The van der Waals surface area contributed by atoms with Gasteiger partial charge in [-0.1, -0.05) is 11.6 Å². The highest BCUT2D eigenvalue weighted by Gasteiger charge is 2.29. The molecule has 34 heavy (non-hydrogen) atoms. The Morgan fingerprint density at radius 3 is 2.35 bits per heavy atom. The van der Waals surface area contributed by atoms with Gasteiger partial charge in [0.2, 0.25) is 10.0 Å². The first-order chi connectivity index (χ1) is 16.5.